The van der Waals surface area contributed by atoms with E-state index in [2.05, 4.69) is 21.3 Å². The summed E-state index contributed by atoms with van der Waals surface area (Å²) in [6.07, 6.45) is 3.81. The summed E-state index contributed by atoms with van der Waals surface area (Å²) >= 11 is 12.5. The number of halogens is 2. The number of hydrogen-bond acceptors (Lipinski definition) is 7. The van der Waals surface area contributed by atoms with Crippen LogP contribution in [0.3, 0.4) is 0 Å². The topological polar surface area (TPSA) is 170 Å². The van der Waals surface area contributed by atoms with Crippen LogP contribution >= 0.6 is 23.2 Å². The molecule has 1 aromatic heterocycles. The van der Waals surface area contributed by atoms with Gasteiger partial charge in [-0.05, 0) is 42.3 Å². The molecule has 11 nitrogen and oxygen atoms in total. The lowest BCUT2D eigenvalue weighted by Gasteiger charge is -2.18. The first-order valence-corrected chi connectivity index (χ1v) is 11.6. The fraction of sp³-hybridized carbons (Fsp3) is 0.304. The zero-order chi connectivity index (χ0) is 26.2. The van der Waals surface area contributed by atoms with Crippen molar-refractivity contribution in [3.05, 3.63) is 63.5 Å². The molecule has 2 aromatic rings. The number of aliphatic carboxylic acids is 1. The number of benzene rings is 1. The molecule has 6 N–H and O–H groups in total. The molecule has 0 aliphatic carbocycles. The van der Waals surface area contributed by atoms with Crippen LogP contribution in [0, 0.1) is 0 Å². The third-order valence-corrected chi connectivity index (χ3v) is 5.84. The minimum Gasteiger partial charge on any atom is -0.480 e. The Hall–Kier alpha value is -3.38. The molecule has 0 radical (unpaired) electrons. The second-order valence-electron chi connectivity index (χ2n) is 7.96. The van der Waals surface area contributed by atoms with Gasteiger partial charge < -0.3 is 35.9 Å². The number of nitrogens with one attached hydrogen (secondary N) is 4. The molecule has 3 atom stereocenters. The van der Waals surface area contributed by atoms with Crippen LogP contribution in [-0.4, -0.2) is 65.2 Å². The van der Waals surface area contributed by atoms with E-state index in [1.54, 1.807) is 12.1 Å². The van der Waals surface area contributed by atoms with E-state index in [1.807, 2.05) is 0 Å². The van der Waals surface area contributed by atoms with Gasteiger partial charge in [-0.15, -0.1) is 0 Å². The van der Waals surface area contributed by atoms with Crippen molar-refractivity contribution in [2.24, 2.45) is 0 Å². The van der Waals surface area contributed by atoms with Gasteiger partial charge in [-0.1, -0.05) is 23.2 Å². The summed E-state index contributed by atoms with van der Waals surface area (Å²) in [4.78, 5) is 48.5. The van der Waals surface area contributed by atoms with Gasteiger partial charge in [-0.3, -0.25) is 14.4 Å². The Morgan fingerprint density at radius 3 is 2.50 bits per heavy atom. The number of carboxylic acid groups (broad SMARTS) is 1. The predicted molar refractivity (Wildman–Crippen MR) is 130 cm³/mol. The van der Waals surface area contributed by atoms with E-state index in [4.69, 9.17) is 27.6 Å². The van der Waals surface area contributed by atoms with E-state index in [0.29, 0.717) is 11.3 Å². The minimum atomic E-state index is -1.46. The summed E-state index contributed by atoms with van der Waals surface area (Å²) in [6, 6.07) is 4.12. The average Bonchev–Trinajstić information content (AvgIpc) is 3.50. The number of aliphatic hydroxyl groups excluding tert-OH is 1. The van der Waals surface area contributed by atoms with E-state index in [-0.39, 0.29) is 41.7 Å². The molecular formula is C23H24Cl2N4O7. The largest absolute Gasteiger partial charge is 0.480 e. The molecule has 36 heavy (non-hydrogen) atoms. The van der Waals surface area contributed by atoms with Crippen LogP contribution < -0.4 is 21.3 Å². The van der Waals surface area contributed by atoms with Crippen LogP contribution in [0.4, 0.5) is 0 Å². The molecule has 3 amide bonds. The lowest BCUT2D eigenvalue weighted by Crippen LogP contribution is -2.51. The smallest absolute Gasteiger partial charge is 0.328 e. The molecule has 13 heteroatoms. The lowest BCUT2D eigenvalue weighted by molar-refractivity contribution is -0.139. The van der Waals surface area contributed by atoms with Crippen LogP contribution in [0.5, 0.6) is 0 Å². The summed E-state index contributed by atoms with van der Waals surface area (Å²) in [6.45, 7) is -0.0646. The first-order chi connectivity index (χ1) is 17.1. The van der Waals surface area contributed by atoms with E-state index in [9.17, 15) is 29.4 Å². The molecule has 3 rings (SSSR count). The van der Waals surface area contributed by atoms with E-state index in [1.165, 1.54) is 30.5 Å². The lowest BCUT2D eigenvalue weighted by atomic mass is 10.1. The normalized spacial score (nSPS) is 18.1. The van der Waals surface area contributed by atoms with Gasteiger partial charge in [-0.25, -0.2) is 4.79 Å². The maximum absolute atomic E-state index is 12.7. The Kier molecular flexibility index (Phi) is 9.48. The first-order valence-electron chi connectivity index (χ1n) is 10.8. The highest BCUT2D eigenvalue weighted by Crippen LogP contribution is 2.27. The molecule has 1 aromatic carbocycles. The molecule has 1 saturated heterocycles. The summed E-state index contributed by atoms with van der Waals surface area (Å²) in [5, 5.41) is 29.1. The van der Waals surface area contributed by atoms with Crippen LogP contribution in [0.15, 0.2) is 41.0 Å². The van der Waals surface area contributed by atoms with Crippen molar-refractivity contribution in [2.45, 2.75) is 31.2 Å². The highest BCUT2D eigenvalue weighted by molar-refractivity contribution is 6.39. The van der Waals surface area contributed by atoms with E-state index >= 15 is 0 Å². The third-order valence-electron chi connectivity index (χ3n) is 5.25. The van der Waals surface area contributed by atoms with Gasteiger partial charge in [-0.2, -0.15) is 0 Å². The number of carboxylic acids is 1. The van der Waals surface area contributed by atoms with Gasteiger partial charge in [0.2, 0.25) is 11.8 Å². The number of aliphatic hydroxyl groups is 1. The fourth-order valence-corrected chi connectivity index (χ4v) is 4.11. The zero-order valence-electron chi connectivity index (χ0n) is 18.8. The summed E-state index contributed by atoms with van der Waals surface area (Å²) in [5.41, 5.74) is 0.360. The standard InChI is InChI=1S/C23H24Cl2N4O7/c24-15-6-12(9-27-19(31)4-3-14-2-1-5-36-14)7-16(25)20(15)22(33)29-18(23(34)35)11-28-21(32)17-8-13(30)10-26-17/h1-7,13,17-18,26,30H,8-11H2,(H,27,31)(H,28,32)(H,29,33)(H,34,35)/t13-,17-,18+/m1/s1. The van der Waals surface area contributed by atoms with Crippen molar-refractivity contribution < 1.29 is 33.8 Å². The van der Waals surface area contributed by atoms with Crippen molar-refractivity contribution in [1.29, 1.82) is 0 Å². The highest BCUT2D eigenvalue weighted by atomic mass is 35.5. The number of furan rings is 1. The number of rotatable bonds is 10. The number of carbonyl (C=O) groups is 4. The Morgan fingerprint density at radius 1 is 1.19 bits per heavy atom. The predicted octanol–water partition coefficient (Wildman–Crippen LogP) is 0.938. The number of β-amino-alcohol motifs (C(OH)–C–C–N with tert-alkyl or cyclic N) is 1. The van der Waals surface area contributed by atoms with Crippen molar-refractivity contribution in [2.75, 3.05) is 13.1 Å². The monoisotopic (exact) mass is 538 g/mol. The molecule has 1 aliphatic heterocycles. The molecule has 1 aliphatic rings. The molecule has 1 fully saturated rings. The van der Waals surface area contributed by atoms with Crippen LogP contribution in [-0.2, 0) is 20.9 Å². The molecule has 192 valence electrons. The average molecular weight is 539 g/mol. The van der Waals surface area contributed by atoms with Crippen LogP contribution in [0.1, 0.15) is 28.1 Å². The Labute approximate surface area is 215 Å². The van der Waals surface area contributed by atoms with Gasteiger partial charge >= 0.3 is 5.97 Å². The molecular weight excluding hydrogens is 515 g/mol. The molecule has 2 heterocycles. The maximum Gasteiger partial charge on any atom is 0.328 e. The van der Waals surface area contributed by atoms with Gasteiger partial charge in [0.05, 0.1) is 34.0 Å². The second kappa shape index (κ2) is 12.5. The van der Waals surface area contributed by atoms with E-state index in [0.717, 1.165) is 0 Å². The highest BCUT2D eigenvalue weighted by Gasteiger charge is 2.30. The van der Waals surface area contributed by atoms with Crippen molar-refractivity contribution in [3.8, 4) is 0 Å². The number of amides is 3. The van der Waals surface area contributed by atoms with Gasteiger partial charge in [0.15, 0.2) is 0 Å². The van der Waals surface area contributed by atoms with E-state index < -0.39 is 41.9 Å². The summed E-state index contributed by atoms with van der Waals surface area (Å²) in [5.74, 6) is -2.60. The third kappa shape index (κ3) is 7.56. The SMILES string of the molecule is O=C(C=Cc1ccco1)NCc1cc(Cl)c(C(=O)N[C@@H](CNC(=O)[C@H]2C[C@@H](O)CN2)C(=O)O)c(Cl)c1. The number of hydrogen-bond donors (Lipinski definition) is 6. The molecule has 0 bridgehead atoms. The summed E-state index contributed by atoms with van der Waals surface area (Å²) < 4.78 is 5.10. The molecule has 0 saturated carbocycles. The van der Waals surface area contributed by atoms with Gasteiger partial charge in [0.25, 0.3) is 5.91 Å². The number of carbonyl (C=O) groups excluding carboxylic acids is 3. The van der Waals surface area contributed by atoms with Crippen LogP contribution in [0.2, 0.25) is 10.0 Å². The Bertz CT molecular complexity index is 1130. The summed E-state index contributed by atoms with van der Waals surface area (Å²) in [7, 11) is 0. The van der Waals surface area contributed by atoms with Crippen molar-refractivity contribution >= 4 is 53.0 Å². The fourth-order valence-electron chi connectivity index (χ4n) is 3.41. The van der Waals surface area contributed by atoms with Crippen LogP contribution in [0.25, 0.3) is 6.08 Å². The van der Waals surface area contributed by atoms with Crippen molar-refractivity contribution in [3.63, 3.8) is 0 Å². The Morgan fingerprint density at radius 2 is 1.92 bits per heavy atom. The molecule has 0 unspecified atom stereocenters. The molecule has 0 spiro atoms. The minimum absolute atomic E-state index is 0.0484. The van der Waals surface area contributed by atoms with Crippen molar-refractivity contribution in [1.82, 2.24) is 21.3 Å². The maximum atomic E-state index is 12.7. The first kappa shape index (κ1) is 27.2. The second-order valence-corrected chi connectivity index (χ2v) is 8.78. The van der Waals surface area contributed by atoms with Gasteiger partial charge in [0, 0.05) is 25.7 Å². The Balaban J connectivity index is 1.57. The zero-order valence-corrected chi connectivity index (χ0v) is 20.3. The quantitative estimate of drug-likeness (QED) is 0.242. The van der Waals surface area contributed by atoms with Gasteiger partial charge in [0.1, 0.15) is 11.8 Å².